The largest absolute Gasteiger partial charge is 0.497 e. The van der Waals surface area contributed by atoms with E-state index >= 15 is 0 Å². The maximum Gasteiger partial charge on any atom is 0.126 e. The van der Waals surface area contributed by atoms with Gasteiger partial charge in [0, 0.05) is 17.4 Å². The van der Waals surface area contributed by atoms with Crippen molar-refractivity contribution in [3.8, 4) is 17.0 Å². The van der Waals surface area contributed by atoms with Crippen LogP contribution in [0.1, 0.15) is 16.1 Å². The lowest BCUT2D eigenvalue weighted by atomic mass is 10.1. The third-order valence-corrected chi connectivity index (χ3v) is 4.37. The number of methoxy groups -OCH3 is 1. The number of hydrogen-bond donors (Lipinski definition) is 0. The van der Waals surface area contributed by atoms with Gasteiger partial charge >= 0.3 is 0 Å². The van der Waals surface area contributed by atoms with Crippen LogP contribution >= 0.6 is 11.3 Å². The lowest BCUT2D eigenvalue weighted by Crippen LogP contribution is -1.89. The molecule has 0 aliphatic carbocycles. The Morgan fingerprint density at radius 1 is 1.14 bits per heavy atom. The molecule has 4 heteroatoms. The Morgan fingerprint density at radius 2 is 1.91 bits per heavy atom. The van der Waals surface area contributed by atoms with E-state index in [1.807, 2.05) is 35.7 Å². The minimum Gasteiger partial charge on any atom is -0.497 e. The molecular weight excluding hydrogens is 297 g/mol. The quantitative estimate of drug-likeness (QED) is 0.686. The molecule has 1 aromatic heterocycles. The topological polar surface area (TPSA) is 22.1 Å². The summed E-state index contributed by atoms with van der Waals surface area (Å²) in [6.07, 6.45) is 0.787. The van der Waals surface area contributed by atoms with Crippen molar-refractivity contribution >= 4 is 11.3 Å². The molecule has 0 aliphatic rings. The summed E-state index contributed by atoms with van der Waals surface area (Å²) in [5, 5.41) is 3.06. The van der Waals surface area contributed by atoms with Crippen LogP contribution in [0.15, 0.2) is 47.8 Å². The van der Waals surface area contributed by atoms with E-state index in [-0.39, 0.29) is 5.82 Å². The maximum atomic E-state index is 13.3. The van der Waals surface area contributed by atoms with Crippen LogP contribution in [0.4, 0.5) is 4.39 Å². The van der Waals surface area contributed by atoms with Crippen LogP contribution in [0.25, 0.3) is 11.3 Å². The predicted octanol–water partition coefficient (Wildman–Crippen LogP) is 4.86. The summed E-state index contributed by atoms with van der Waals surface area (Å²) in [5.74, 6) is 0.669. The van der Waals surface area contributed by atoms with Gasteiger partial charge in [0.25, 0.3) is 0 Å². The fourth-order valence-electron chi connectivity index (χ4n) is 2.25. The molecule has 1 heterocycles. The molecule has 2 aromatic carbocycles. The van der Waals surface area contributed by atoms with Crippen molar-refractivity contribution < 1.29 is 9.13 Å². The first-order chi connectivity index (χ1) is 10.7. The van der Waals surface area contributed by atoms with Crippen molar-refractivity contribution in [1.82, 2.24) is 4.98 Å². The molecule has 0 N–H and O–H groups in total. The van der Waals surface area contributed by atoms with Gasteiger partial charge in [-0.1, -0.05) is 12.1 Å². The zero-order valence-corrected chi connectivity index (χ0v) is 13.3. The van der Waals surface area contributed by atoms with Crippen molar-refractivity contribution in [1.29, 1.82) is 0 Å². The Bertz CT molecular complexity index is 780. The van der Waals surface area contributed by atoms with Gasteiger partial charge in [-0.25, -0.2) is 9.37 Å². The van der Waals surface area contributed by atoms with Crippen LogP contribution in [0.5, 0.6) is 5.75 Å². The van der Waals surface area contributed by atoms with Crippen molar-refractivity contribution in [3.63, 3.8) is 0 Å². The van der Waals surface area contributed by atoms with E-state index in [1.165, 1.54) is 11.6 Å². The number of halogens is 1. The van der Waals surface area contributed by atoms with Crippen molar-refractivity contribution in [2.24, 2.45) is 0 Å². The molecule has 0 saturated heterocycles. The van der Waals surface area contributed by atoms with E-state index in [0.29, 0.717) is 5.56 Å². The number of aromatic nitrogens is 1. The molecule has 0 fully saturated rings. The Kier molecular flexibility index (Phi) is 4.20. The van der Waals surface area contributed by atoms with Gasteiger partial charge in [-0.3, -0.25) is 0 Å². The average molecular weight is 313 g/mol. The van der Waals surface area contributed by atoms with Gasteiger partial charge < -0.3 is 4.74 Å². The summed E-state index contributed by atoms with van der Waals surface area (Å²) in [4.78, 5) is 4.65. The number of nitrogens with zero attached hydrogens (tertiary/aromatic N) is 1. The standard InChI is InChI=1S/C18H16FNOS/c1-12-9-14(5-8-16(12)19)17-11-22-18(20-17)10-13-3-6-15(21-2)7-4-13/h3-9,11H,10H2,1-2H3. The van der Waals surface area contributed by atoms with Crippen LogP contribution in [0.3, 0.4) is 0 Å². The molecule has 2 nitrogen and oxygen atoms in total. The first-order valence-corrected chi connectivity index (χ1v) is 7.87. The minimum atomic E-state index is -0.183. The van der Waals surface area contributed by atoms with Crippen molar-refractivity contribution in [2.75, 3.05) is 7.11 Å². The first kappa shape index (κ1) is 14.7. The minimum absolute atomic E-state index is 0.183. The summed E-state index contributed by atoms with van der Waals surface area (Å²) in [6, 6.07) is 13.1. The molecule has 0 atom stereocenters. The van der Waals surface area contributed by atoms with Gasteiger partial charge in [-0.15, -0.1) is 11.3 Å². The molecule has 3 rings (SSSR count). The summed E-state index contributed by atoms with van der Waals surface area (Å²) >= 11 is 1.62. The van der Waals surface area contributed by atoms with E-state index in [0.717, 1.165) is 28.4 Å². The summed E-state index contributed by atoms with van der Waals surface area (Å²) in [7, 11) is 1.66. The Hall–Kier alpha value is -2.20. The third-order valence-electron chi connectivity index (χ3n) is 3.52. The number of ether oxygens (including phenoxy) is 1. The molecule has 0 spiro atoms. The maximum absolute atomic E-state index is 13.3. The number of benzene rings is 2. The zero-order valence-electron chi connectivity index (χ0n) is 12.5. The molecule has 0 radical (unpaired) electrons. The molecule has 0 unspecified atom stereocenters. The molecule has 22 heavy (non-hydrogen) atoms. The molecule has 112 valence electrons. The second-order valence-electron chi connectivity index (χ2n) is 5.12. The van der Waals surface area contributed by atoms with Crippen molar-refractivity contribution in [3.05, 3.63) is 69.8 Å². The number of hydrogen-bond acceptors (Lipinski definition) is 3. The van der Waals surface area contributed by atoms with Gasteiger partial charge in [0.15, 0.2) is 0 Å². The SMILES string of the molecule is COc1ccc(Cc2nc(-c3ccc(F)c(C)c3)cs2)cc1. The number of thiazole rings is 1. The highest BCUT2D eigenvalue weighted by Gasteiger charge is 2.07. The molecule has 0 amide bonds. The van der Waals surface area contributed by atoms with E-state index in [4.69, 9.17) is 4.74 Å². The van der Waals surface area contributed by atoms with Crippen LogP contribution < -0.4 is 4.74 Å². The molecule has 0 bridgehead atoms. The van der Waals surface area contributed by atoms with Gasteiger partial charge in [-0.2, -0.15) is 0 Å². The smallest absolute Gasteiger partial charge is 0.126 e. The normalized spacial score (nSPS) is 10.7. The Labute approximate surface area is 133 Å². The van der Waals surface area contributed by atoms with Gasteiger partial charge in [0.05, 0.1) is 17.8 Å². The lowest BCUT2D eigenvalue weighted by Gasteiger charge is -2.02. The van der Waals surface area contributed by atoms with Crippen molar-refractivity contribution in [2.45, 2.75) is 13.3 Å². The zero-order chi connectivity index (χ0) is 15.5. The van der Waals surface area contributed by atoms with E-state index in [1.54, 1.807) is 31.4 Å². The highest BCUT2D eigenvalue weighted by atomic mass is 32.1. The second kappa shape index (κ2) is 6.28. The average Bonchev–Trinajstić information content (AvgIpc) is 2.99. The summed E-state index contributed by atoms with van der Waals surface area (Å²) in [5.41, 5.74) is 3.69. The fourth-order valence-corrected chi connectivity index (χ4v) is 3.08. The molecule has 0 aliphatic heterocycles. The van der Waals surface area contributed by atoms with Gasteiger partial charge in [0.2, 0.25) is 0 Å². The van der Waals surface area contributed by atoms with E-state index in [9.17, 15) is 4.39 Å². The monoisotopic (exact) mass is 313 g/mol. The number of rotatable bonds is 4. The summed E-state index contributed by atoms with van der Waals surface area (Å²) in [6.45, 7) is 1.77. The second-order valence-corrected chi connectivity index (χ2v) is 6.06. The highest BCUT2D eigenvalue weighted by molar-refractivity contribution is 7.10. The molecule has 3 aromatic rings. The molecular formula is C18H16FNOS. The third kappa shape index (κ3) is 3.17. The van der Waals surface area contributed by atoms with E-state index in [2.05, 4.69) is 4.98 Å². The van der Waals surface area contributed by atoms with Gasteiger partial charge in [-0.05, 0) is 48.4 Å². The number of aryl methyl sites for hydroxylation is 1. The molecule has 0 saturated carbocycles. The Morgan fingerprint density at radius 3 is 2.59 bits per heavy atom. The van der Waals surface area contributed by atoms with E-state index < -0.39 is 0 Å². The van der Waals surface area contributed by atoms with Crippen LogP contribution in [-0.4, -0.2) is 12.1 Å². The van der Waals surface area contributed by atoms with Crippen LogP contribution in [0.2, 0.25) is 0 Å². The van der Waals surface area contributed by atoms with Crippen LogP contribution in [-0.2, 0) is 6.42 Å². The Balaban J connectivity index is 1.79. The lowest BCUT2D eigenvalue weighted by molar-refractivity contribution is 0.414. The predicted molar refractivity (Wildman–Crippen MR) is 88.0 cm³/mol. The van der Waals surface area contributed by atoms with Gasteiger partial charge in [0.1, 0.15) is 11.6 Å². The van der Waals surface area contributed by atoms with Crippen LogP contribution in [0, 0.1) is 12.7 Å². The summed E-state index contributed by atoms with van der Waals surface area (Å²) < 4.78 is 18.5. The first-order valence-electron chi connectivity index (χ1n) is 6.99. The fraction of sp³-hybridized carbons (Fsp3) is 0.167. The highest BCUT2D eigenvalue weighted by Crippen LogP contribution is 2.25.